The number of aromatic nitrogens is 4. The van der Waals surface area contributed by atoms with Gasteiger partial charge in [0.1, 0.15) is 5.82 Å². The second kappa shape index (κ2) is 6.54. The molecule has 1 atom stereocenters. The fourth-order valence-electron chi connectivity index (χ4n) is 2.91. The van der Waals surface area contributed by atoms with E-state index in [0.29, 0.717) is 6.04 Å². The molecule has 1 aliphatic rings. The SMILES string of the molecule is Cc1cnc(CN2CCN(Cc3nccn3C)[C@H](C)C2)cn1. The van der Waals surface area contributed by atoms with Crippen LogP contribution in [0.5, 0.6) is 0 Å². The Hall–Kier alpha value is -1.79. The monoisotopic (exact) mass is 300 g/mol. The van der Waals surface area contributed by atoms with E-state index in [1.165, 1.54) is 0 Å². The molecule has 0 N–H and O–H groups in total. The van der Waals surface area contributed by atoms with Gasteiger partial charge in [0, 0.05) is 64.1 Å². The molecule has 118 valence electrons. The van der Waals surface area contributed by atoms with Gasteiger partial charge in [-0.25, -0.2) is 4.98 Å². The van der Waals surface area contributed by atoms with Crippen molar-refractivity contribution in [2.45, 2.75) is 33.0 Å². The second-order valence-electron chi connectivity index (χ2n) is 6.16. The van der Waals surface area contributed by atoms with Crippen molar-refractivity contribution in [3.63, 3.8) is 0 Å². The smallest absolute Gasteiger partial charge is 0.122 e. The molecule has 0 saturated carbocycles. The summed E-state index contributed by atoms with van der Waals surface area (Å²) in [6, 6.07) is 0.517. The molecule has 0 aliphatic carbocycles. The van der Waals surface area contributed by atoms with Crippen molar-refractivity contribution >= 4 is 0 Å². The van der Waals surface area contributed by atoms with E-state index in [1.807, 2.05) is 31.7 Å². The largest absolute Gasteiger partial charge is 0.337 e. The molecule has 1 fully saturated rings. The lowest BCUT2D eigenvalue weighted by Crippen LogP contribution is -2.51. The molecule has 0 aromatic carbocycles. The van der Waals surface area contributed by atoms with Crippen molar-refractivity contribution in [2.75, 3.05) is 19.6 Å². The fourth-order valence-corrected chi connectivity index (χ4v) is 2.91. The van der Waals surface area contributed by atoms with Crippen LogP contribution in [0.25, 0.3) is 0 Å². The molecule has 0 amide bonds. The highest BCUT2D eigenvalue weighted by atomic mass is 15.3. The summed E-state index contributed by atoms with van der Waals surface area (Å²) in [5.41, 5.74) is 2.02. The maximum atomic E-state index is 4.46. The van der Waals surface area contributed by atoms with Crippen LogP contribution < -0.4 is 0 Å². The van der Waals surface area contributed by atoms with E-state index in [-0.39, 0.29) is 0 Å². The van der Waals surface area contributed by atoms with Gasteiger partial charge in [-0.2, -0.15) is 0 Å². The Balaban J connectivity index is 1.55. The lowest BCUT2D eigenvalue weighted by Gasteiger charge is -2.39. The molecule has 2 aromatic heterocycles. The molecule has 1 aliphatic heterocycles. The van der Waals surface area contributed by atoms with Gasteiger partial charge in [0.25, 0.3) is 0 Å². The number of nitrogens with zero attached hydrogens (tertiary/aromatic N) is 6. The van der Waals surface area contributed by atoms with Gasteiger partial charge in [-0.05, 0) is 13.8 Å². The second-order valence-corrected chi connectivity index (χ2v) is 6.16. The normalized spacial score (nSPS) is 20.4. The van der Waals surface area contributed by atoms with Gasteiger partial charge >= 0.3 is 0 Å². The van der Waals surface area contributed by atoms with Gasteiger partial charge in [-0.1, -0.05) is 0 Å². The van der Waals surface area contributed by atoms with E-state index in [4.69, 9.17) is 0 Å². The Kier molecular flexibility index (Phi) is 4.49. The molecule has 3 rings (SSSR count). The van der Waals surface area contributed by atoms with Crippen molar-refractivity contribution in [3.8, 4) is 0 Å². The maximum Gasteiger partial charge on any atom is 0.122 e. The molecule has 1 saturated heterocycles. The summed E-state index contributed by atoms with van der Waals surface area (Å²) in [5, 5.41) is 0. The van der Waals surface area contributed by atoms with E-state index in [2.05, 4.69) is 43.3 Å². The summed E-state index contributed by atoms with van der Waals surface area (Å²) in [4.78, 5) is 18.2. The first-order valence-corrected chi connectivity index (χ1v) is 7.82. The van der Waals surface area contributed by atoms with Gasteiger partial charge in [-0.3, -0.25) is 19.8 Å². The number of rotatable bonds is 4. The highest BCUT2D eigenvalue weighted by molar-refractivity contribution is 5.01. The van der Waals surface area contributed by atoms with Crippen molar-refractivity contribution in [1.29, 1.82) is 0 Å². The third kappa shape index (κ3) is 3.51. The summed E-state index contributed by atoms with van der Waals surface area (Å²) in [6.45, 7) is 9.24. The maximum absolute atomic E-state index is 4.46. The molecule has 3 heterocycles. The first kappa shape index (κ1) is 15.1. The lowest BCUT2D eigenvalue weighted by atomic mass is 10.2. The molecule has 0 unspecified atom stereocenters. The standard InChI is InChI=1S/C16H24N6/c1-13-8-19-15(9-18-13)11-21-6-7-22(14(2)10-21)12-16-17-4-5-20(16)3/h4-5,8-9,14H,6-7,10-12H2,1-3H3/t14-/m1/s1. The van der Waals surface area contributed by atoms with E-state index >= 15 is 0 Å². The summed E-state index contributed by atoms with van der Waals surface area (Å²) < 4.78 is 2.10. The van der Waals surface area contributed by atoms with Gasteiger partial charge in [0.05, 0.1) is 17.9 Å². The number of hydrogen-bond donors (Lipinski definition) is 0. The van der Waals surface area contributed by atoms with Crippen LogP contribution in [0.3, 0.4) is 0 Å². The summed E-state index contributed by atoms with van der Waals surface area (Å²) in [6.07, 6.45) is 7.61. The van der Waals surface area contributed by atoms with Crippen LogP contribution in [0.15, 0.2) is 24.8 Å². The van der Waals surface area contributed by atoms with Crippen molar-refractivity contribution in [2.24, 2.45) is 7.05 Å². The number of piperazine rings is 1. The quantitative estimate of drug-likeness (QED) is 0.850. The van der Waals surface area contributed by atoms with Crippen LogP contribution in [0.1, 0.15) is 24.1 Å². The zero-order valence-electron chi connectivity index (χ0n) is 13.6. The minimum atomic E-state index is 0.517. The molecule has 2 aromatic rings. The van der Waals surface area contributed by atoms with Crippen LogP contribution in [-0.2, 0) is 20.1 Å². The summed E-state index contributed by atoms with van der Waals surface area (Å²) in [5.74, 6) is 1.13. The Labute approximate surface area is 131 Å². The Bertz CT molecular complexity index is 605. The van der Waals surface area contributed by atoms with E-state index < -0.39 is 0 Å². The topological polar surface area (TPSA) is 50.1 Å². The average Bonchev–Trinajstić information content (AvgIpc) is 2.90. The predicted octanol–water partition coefficient (Wildman–Crippen LogP) is 1.22. The van der Waals surface area contributed by atoms with Gasteiger partial charge in [0.2, 0.25) is 0 Å². The molecular formula is C16H24N6. The predicted molar refractivity (Wildman–Crippen MR) is 85.1 cm³/mol. The third-order valence-corrected chi connectivity index (χ3v) is 4.33. The van der Waals surface area contributed by atoms with E-state index in [0.717, 1.165) is 49.9 Å². The Morgan fingerprint density at radius 2 is 2.00 bits per heavy atom. The third-order valence-electron chi connectivity index (χ3n) is 4.33. The van der Waals surface area contributed by atoms with E-state index in [1.54, 1.807) is 0 Å². The van der Waals surface area contributed by atoms with Crippen molar-refractivity contribution in [3.05, 3.63) is 42.0 Å². The van der Waals surface area contributed by atoms with Crippen LogP contribution in [0.2, 0.25) is 0 Å². The molecule has 0 spiro atoms. The van der Waals surface area contributed by atoms with Crippen molar-refractivity contribution < 1.29 is 0 Å². The average molecular weight is 300 g/mol. The zero-order valence-corrected chi connectivity index (χ0v) is 13.6. The fraction of sp³-hybridized carbons (Fsp3) is 0.562. The number of imidazole rings is 1. The molecule has 0 bridgehead atoms. The minimum absolute atomic E-state index is 0.517. The molecule has 0 radical (unpaired) electrons. The zero-order chi connectivity index (χ0) is 15.5. The van der Waals surface area contributed by atoms with Gasteiger partial charge in [-0.15, -0.1) is 0 Å². The highest BCUT2D eigenvalue weighted by Crippen LogP contribution is 2.14. The van der Waals surface area contributed by atoms with Gasteiger partial charge in [0.15, 0.2) is 0 Å². The van der Waals surface area contributed by atoms with Crippen LogP contribution in [-0.4, -0.2) is 55.0 Å². The summed E-state index contributed by atoms with van der Waals surface area (Å²) >= 11 is 0. The Morgan fingerprint density at radius 3 is 2.64 bits per heavy atom. The molecule has 6 heteroatoms. The van der Waals surface area contributed by atoms with Gasteiger partial charge < -0.3 is 4.57 Å². The number of aryl methyl sites for hydroxylation is 2. The molecule has 22 heavy (non-hydrogen) atoms. The molecular weight excluding hydrogens is 276 g/mol. The Morgan fingerprint density at radius 1 is 1.14 bits per heavy atom. The summed E-state index contributed by atoms with van der Waals surface area (Å²) in [7, 11) is 2.05. The number of hydrogen-bond acceptors (Lipinski definition) is 5. The van der Waals surface area contributed by atoms with Crippen molar-refractivity contribution in [1.82, 2.24) is 29.3 Å². The minimum Gasteiger partial charge on any atom is -0.337 e. The van der Waals surface area contributed by atoms with E-state index in [9.17, 15) is 0 Å². The molecule has 6 nitrogen and oxygen atoms in total. The lowest BCUT2D eigenvalue weighted by molar-refractivity contribution is 0.0699. The van der Waals surface area contributed by atoms with Crippen LogP contribution in [0, 0.1) is 6.92 Å². The first-order valence-electron chi connectivity index (χ1n) is 7.82. The van der Waals surface area contributed by atoms with Crippen LogP contribution >= 0.6 is 0 Å². The van der Waals surface area contributed by atoms with Crippen LogP contribution in [0.4, 0.5) is 0 Å². The highest BCUT2D eigenvalue weighted by Gasteiger charge is 2.24. The first-order chi connectivity index (χ1) is 10.6.